The number of hydrogen-bond donors (Lipinski definition) is 0. The second kappa shape index (κ2) is 6.62. The van der Waals surface area contributed by atoms with Crippen molar-refractivity contribution in [2.75, 3.05) is 7.11 Å². The number of aromatic nitrogens is 4. The van der Waals surface area contributed by atoms with Crippen molar-refractivity contribution in [1.29, 1.82) is 0 Å². The second-order valence-corrected chi connectivity index (χ2v) is 5.97. The quantitative estimate of drug-likeness (QED) is 0.782. The maximum atomic E-state index is 12.1. The summed E-state index contributed by atoms with van der Waals surface area (Å²) in [7, 11) is 1.67. The molecule has 0 aliphatic heterocycles. The Morgan fingerprint density at radius 3 is 2.91 bits per heavy atom. The zero-order valence-corrected chi connectivity index (χ0v) is 13.8. The fourth-order valence-corrected chi connectivity index (χ4v) is 3.27. The van der Waals surface area contributed by atoms with Crippen molar-refractivity contribution in [3.63, 3.8) is 0 Å². The summed E-state index contributed by atoms with van der Waals surface area (Å²) in [6.45, 7) is 3.90. The van der Waals surface area contributed by atoms with Crippen molar-refractivity contribution in [1.82, 2.24) is 19.6 Å². The number of carbonyl (C=O) groups excluding carboxylic acids is 1. The number of fused-ring (bicyclic) bond motifs is 1. The van der Waals surface area contributed by atoms with Crippen molar-refractivity contribution in [2.24, 2.45) is 0 Å². The van der Waals surface area contributed by atoms with Gasteiger partial charge in [-0.2, -0.15) is 10.1 Å². The summed E-state index contributed by atoms with van der Waals surface area (Å²) in [5, 5.41) is 4.16. The van der Waals surface area contributed by atoms with E-state index in [1.165, 1.54) is 6.33 Å². The number of methoxy groups -OCH3 is 1. The van der Waals surface area contributed by atoms with Gasteiger partial charge in [-0.15, -0.1) is 0 Å². The Morgan fingerprint density at radius 1 is 1.35 bits per heavy atom. The van der Waals surface area contributed by atoms with E-state index in [0.29, 0.717) is 18.6 Å². The molecule has 124 valence electrons. The van der Waals surface area contributed by atoms with Gasteiger partial charge in [0, 0.05) is 24.9 Å². The molecule has 7 nitrogen and oxygen atoms in total. The lowest BCUT2D eigenvalue weighted by atomic mass is 10.1. The van der Waals surface area contributed by atoms with E-state index in [0.717, 1.165) is 36.2 Å². The molecule has 1 saturated carbocycles. The first-order valence-electron chi connectivity index (χ1n) is 7.98. The van der Waals surface area contributed by atoms with Crippen LogP contribution in [0.25, 0.3) is 5.78 Å². The van der Waals surface area contributed by atoms with Crippen molar-refractivity contribution in [3.8, 4) is 0 Å². The van der Waals surface area contributed by atoms with Gasteiger partial charge in [-0.05, 0) is 45.1 Å². The topological polar surface area (TPSA) is 78.6 Å². The maximum absolute atomic E-state index is 12.1. The second-order valence-electron chi connectivity index (χ2n) is 5.97. The average molecular weight is 318 g/mol. The lowest BCUT2D eigenvalue weighted by Gasteiger charge is -2.19. The molecule has 2 atom stereocenters. The minimum Gasteiger partial charge on any atom is -0.460 e. The summed E-state index contributed by atoms with van der Waals surface area (Å²) in [5.41, 5.74) is 2.87. The summed E-state index contributed by atoms with van der Waals surface area (Å²) in [4.78, 5) is 20.7. The van der Waals surface area contributed by atoms with E-state index < -0.39 is 0 Å². The van der Waals surface area contributed by atoms with Gasteiger partial charge in [0.1, 0.15) is 12.4 Å². The number of ether oxygens (including phenoxy) is 2. The molecular weight excluding hydrogens is 296 g/mol. The van der Waals surface area contributed by atoms with E-state index in [2.05, 4.69) is 15.1 Å². The average Bonchev–Trinajstić information content (AvgIpc) is 3.15. The first-order chi connectivity index (χ1) is 11.1. The highest BCUT2D eigenvalue weighted by atomic mass is 16.6. The lowest BCUT2D eigenvalue weighted by Crippen LogP contribution is -2.27. The van der Waals surface area contributed by atoms with E-state index in [1.54, 1.807) is 11.6 Å². The molecule has 0 saturated heterocycles. The Labute approximate surface area is 135 Å². The van der Waals surface area contributed by atoms with Crippen LogP contribution in [0, 0.1) is 13.8 Å². The fraction of sp³-hybridized carbons (Fsp3) is 0.625. The smallest absolute Gasteiger partial charge is 0.306 e. The summed E-state index contributed by atoms with van der Waals surface area (Å²) in [5.74, 6) is 0.400. The number of carbonyl (C=O) groups is 1. The molecule has 0 aromatic carbocycles. The zero-order valence-electron chi connectivity index (χ0n) is 13.8. The zero-order chi connectivity index (χ0) is 16.4. The number of aryl methyl sites for hydroxylation is 2. The summed E-state index contributed by atoms with van der Waals surface area (Å²) >= 11 is 0. The fourth-order valence-electron chi connectivity index (χ4n) is 3.27. The van der Waals surface area contributed by atoms with Crippen LogP contribution >= 0.6 is 0 Å². The molecule has 0 bridgehead atoms. The molecule has 2 aromatic heterocycles. The molecule has 1 fully saturated rings. The van der Waals surface area contributed by atoms with E-state index in [9.17, 15) is 4.79 Å². The van der Waals surface area contributed by atoms with Gasteiger partial charge in [0.2, 0.25) is 0 Å². The van der Waals surface area contributed by atoms with E-state index in [4.69, 9.17) is 9.47 Å². The van der Waals surface area contributed by atoms with Crippen molar-refractivity contribution >= 4 is 11.7 Å². The molecule has 7 heteroatoms. The molecule has 3 rings (SSSR count). The molecule has 0 unspecified atom stereocenters. The van der Waals surface area contributed by atoms with Crippen LogP contribution in [0.15, 0.2) is 6.33 Å². The molecule has 0 radical (unpaired) electrons. The van der Waals surface area contributed by atoms with Crippen LogP contribution in [0.4, 0.5) is 0 Å². The Hall–Kier alpha value is -2.02. The minimum atomic E-state index is -0.184. The highest BCUT2D eigenvalue weighted by Gasteiger charge is 2.30. The number of hydrogen-bond acceptors (Lipinski definition) is 6. The molecule has 1 aliphatic carbocycles. The van der Waals surface area contributed by atoms with Crippen LogP contribution in [0.3, 0.4) is 0 Å². The Bertz CT molecular complexity index is 713. The van der Waals surface area contributed by atoms with Crippen LogP contribution in [-0.2, 0) is 20.7 Å². The van der Waals surface area contributed by atoms with Gasteiger partial charge < -0.3 is 9.47 Å². The predicted molar refractivity (Wildman–Crippen MR) is 83.1 cm³/mol. The van der Waals surface area contributed by atoms with E-state index in [-0.39, 0.29) is 18.2 Å². The highest BCUT2D eigenvalue weighted by molar-refractivity contribution is 5.70. The molecule has 1 aliphatic rings. The van der Waals surface area contributed by atoms with Crippen LogP contribution in [0.1, 0.15) is 42.6 Å². The van der Waals surface area contributed by atoms with Crippen molar-refractivity contribution in [3.05, 3.63) is 23.3 Å². The van der Waals surface area contributed by atoms with Crippen molar-refractivity contribution < 1.29 is 14.3 Å². The van der Waals surface area contributed by atoms with Crippen molar-refractivity contribution in [2.45, 2.75) is 58.2 Å². The van der Waals surface area contributed by atoms with Crippen LogP contribution in [0.2, 0.25) is 0 Å². The van der Waals surface area contributed by atoms with Gasteiger partial charge in [0.15, 0.2) is 0 Å². The van der Waals surface area contributed by atoms with Gasteiger partial charge in [-0.1, -0.05) is 0 Å². The predicted octanol–water partition coefficient (Wildman–Crippen LogP) is 1.78. The standard InChI is InChI=1S/C16H22N4O3/c1-10-12(11(2)20-16(19-10)17-9-18-20)7-8-15(21)23-14-6-4-5-13(14)22-3/h9,13-14H,4-8H2,1-3H3/t13-,14-/m1/s1. The molecule has 23 heavy (non-hydrogen) atoms. The Balaban J connectivity index is 1.65. The largest absolute Gasteiger partial charge is 0.460 e. The molecule has 0 spiro atoms. The van der Waals surface area contributed by atoms with Crippen LogP contribution in [0.5, 0.6) is 0 Å². The molecule has 2 aromatic rings. The van der Waals surface area contributed by atoms with Gasteiger partial charge in [0.05, 0.1) is 6.10 Å². The molecule has 0 N–H and O–H groups in total. The lowest BCUT2D eigenvalue weighted by molar-refractivity contribution is -0.154. The third kappa shape index (κ3) is 3.19. The number of esters is 1. The highest BCUT2D eigenvalue weighted by Crippen LogP contribution is 2.25. The molecular formula is C16H22N4O3. The Kier molecular flexibility index (Phi) is 4.56. The van der Waals surface area contributed by atoms with E-state index in [1.807, 2.05) is 13.8 Å². The number of rotatable bonds is 5. The maximum Gasteiger partial charge on any atom is 0.306 e. The number of nitrogens with zero attached hydrogens (tertiary/aromatic N) is 4. The first-order valence-corrected chi connectivity index (χ1v) is 7.98. The van der Waals surface area contributed by atoms with Crippen LogP contribution in [-0.4, -0.2) is 44.9 Å². The van der Waals surface area contributed by atoms with Gasteiger partial charge in [0.25, 0.3) is 5.78 Å². The normalized spacial score (nSPS) is 21.0. The summed E-state index contributed by atoms with van der Waals surface area (Å²) in [6, 6.07) is 0. The summed E-state index contributed by atoms with van der Waals surface area (Å²) in [6.07, 6.45) is 5.22. The van der Waals surface area contributed by atoms with Crippen LogP contribution < -0.4 is 0 Å². The summed E-state index contributed by atoms with van der Waals surface area (Å²) < 4.78 is 12.6. The molecule has 0 amide bonds. The third-order valence-corrected chi connectivity index (χ3v) is 4.55. The Morgan fingerprint density at radius 2 is 2.13 bits per heavy atom. The first kappa shape index (κ1) is 15.9. The monoisotopic (exact) mass is 318 g/mol. The van der Waals surface area contributed by atoms with Gasteiger partial charge >= 0.3 is 5.97 Å². The minimum absolute atomic E-state index is 0.0376. The van der Waals surface area contributed by atoms with Gasteiger partial charge in [-0.25, -0.2) is 9.50 Å². The third-order valence-electron chi connectivity index (χ3n) is 4.55. The molecule has 2 heterocycles. The van der Waals surface area contributed by atoms with Gasteiger partial charge in [-0.3, -0.25) is 4.79 Å². The van der Waals surface area contributed by atoms with E-state index >= 15 is 0 Å². The SMILES string of the molecule is CO[C@@H]1CCC[C@H]1OC(=O)CCc1c(C)nc2ncnn2c1C.